The lowest BCUT2D eigenvalue weighted by Crippen LogP contribution is -2.44. The lowest BCUT2D eigenvalue weighted by molar-refractivity contribution is -0.124. The van der Waals surface area contributed by atoms with E-state index in [1.165, 1.54) is 34.9 Å². The minimum absolute atomic E-state index is 0.265. The summed E-state index contributed by atoms with van der Waals surface area (Å²) in [6.45, 7) is 14.0. The molecule has 0 radical (unpaired) electrons. The number of carbonyl (C=O) groups is 1. The first-order valence-corrected chi connectivity index (χ1v) is 14.0. The van der Waals surface area contributed by atoms with E-state index in [1.807, 2.05) is 9.96 Å². The van der Waals surface area contributed by atoms with E-state index in [0.29, 0.717) is 32.0 Å². The largest absolute Gasteiger partial charge is 0.354 e. The predicted molar refractivity (Wildman–Crippen MR) is 156 cm³/mol. The summed E-state index contributed by atoms with van der Waals surface area (Å²) in [5.74, 6) is -0.0392. The molecule has 0 atom stereocenters. The minimum Gasteiger partial charge on any atom is -0.354 e. The number of nitrogens with zero attached hydrogens (tertiary/aromatic N) is 5. The highest BCUT2D eigenvalue weighted by Crippen LogP contribution is 2.27. The molecule has 2 aliphatic rings. The Morgan fingerprint density at radius 1 is 1.05 bits per heavy atom. The van der Waals surface area contributed by atoms with E-state index in [-0.39, 0.29) is 5.57 Å². The fourth-order valence-corrected chi connectivity index (χ4v) is 5.08. The Kier molecular flexibility index (Phi) is 10.7. The van der Waals surface area contributed by atoms with Gasteiger partial charge < -0.3 is 9.80 Å². The molecule has 39 heavy (non-hydrogen) atoms. The molecule has 2 fully saturated rings. The maximum Gasteiger partial charge on any atom is 0.275 e. The molecule has 2 aromatic rings. The first-order valence-electron chi connectivity index (χ1n) is 13.2. The van der Waals surface area contributed by atoms with Gasteiger partial charge in [0.25, 0.3) is 5.91 Å². The van der Waals surface area contributed by atoms with Crippen molar-refractivity contribution >= 4 is 24.2 Å². The van der Waals surface area contributed by atoms with Gasteiger partial charge in [-0.15, -0.1) is 0 Å². The third-order valence-electron chi connectivity index (χ3n) is 6.99. The molecule has 0 aliphatic carbocycles. The highest BCUT2D eigenvalue weighted by atomic mass is 32.2. The topological polar surface area (TPSA) is 83.9 Å². The van der Waals surface area contributed by atoms with Gasteiger partial charge >= 0.3 is 0 Å². The average Bonchev–Trinajstić information content (AvgIpc) is 2.98. The Balaban J connectivity index is 1.22. The SMILES string of the molecule is C=C(/N=C\C(=C/C)C(=O)NO)N1CCN(OSc2ccc(-c3cccc(CN4CCN(C)CC4)c3)cc2)CC1. The highest BCUT2D eigenvalue weighted by Gasteiger charge is 2.19. The van der Waals surface area contributed by atoms with Crippen molar-refractivity contribution in [2.75, 3.05) is 59.4 Å². The summed E-state index contributed by atoms with van der Waals surface area (Å²) < 4.78 is 5.97. The summed E-state index contributed by atoms with van der Waals surface area (Å²) in [5, 5.41) is 10.7. The van der Waals surface area contributed by atoms with Crippen LogP contribution in [0.15, 0.2) is 82.5 Å². The maximum atomic E-state index is 11.6. The molecule has 2 saturated heterocycles. The lowest BCUT2D eigenvalue weighted by Gasteiger charge is -2.34. The van der Waals surface area contributed by atoms with Crippen molar-refractivity contribution in [3.63, 3.8) is 0 Å². The normalized spacial score (nSPS) is 18.0. The Hall–Kier alpha value is -2.99. The number of piperazine rings is 2. The zero-order valence-electron chi connectivity index (χ0n) is 22.8. The number of carbonyl (C=O) groups excluding carboxylic acids is 1. The van der Waals surface area contributed by atoms with E-state index in [0.717, 1.165) is 37.6 Å². The van der Waals surface area contributed by atoms with Gasteiger partial charge in [0.15, 0.2) is 0 Å². The Labute approximate surface area is 235 Å². The number of hydrogen-bond acceptors (Lipinski definition) is 9. The van der Waals surface area contributed by atoms with Crippen LogP contribution in [0.3, 0.4) is 0 Å². The van der Waals surface area contributed by atoms with Gasteiger partial charge in [-0.3, -0.25) is 14.9 Å². The molecule has 1 amide bonds. The standard InChI is InChI=1S/C29H38N6O3S/c1-4-25(29(36)31-37)21-30-23(2)34-16-18-35(19-17-34)38-39-28-10-8-26(9-11-28)27-7-5-6-24(20-27)22-33-14-12-32(3)13-15-33/h4-11,20-21,37H,2,12-19,22H2,1,3H3,(H,31,36)/b25-4+,30-21-. The van der Waals surface area contributed by atoms with Crippen LogP contribution in [0.25, 0.3) is 11.1 Å². The molecular formula is C29H38N6O3S. The number of likely N-dealkylation sites (N-methyl/N-ethyl adjacent to an activating group) is 1. The second kappa shape index (κ2) is 14.4. The zero-order valence-corrected chi connectivity index (χ0v) is 23.6. The van der Waals surface area contributed by atoms with Crippen LogP contribution in [0.4, 0.5) is 0 Å². The summed E-state index contributed by atoms with van der Waals surface area (Å²) in [6.07, 6.45) is 2.98. The van der Waals surface area contributed by atoms with Gasteiger partial charge in [-0.1, -0.05) is 43.0 Å². The monoisotopic (exact) mass is 550 g/mol. The molecule has 0 unspecified atom stereocenters. The Morgan fingerprint density at radius 2 is 1.77 bits per heavy atom. The van der Waals surface area contributed by atoms with Crippen molar-refractivity contribution in [2.24, 2.45) is 4.99 Å². The fraction of sp³-hybridized carbons (Fsp3) is 0.379. The van der Waals surface area contributed by atoms with E-state index < -0.39 is 5.91 Å². The second-order valence-corrected chi connectivity index (χ2v) is 10.5. The number of hydroxylamine groups is 3. The number of benzene rings is 2. The average molecular weight is 551 g/mol. The zero-order chi connectivity index (χ0) is 27.6. The number of rotatable bonds is 10. The van der Waals surface area contributed by atoms with Crippen molar-refractivity contribution in [3.05, 3.63) is 78.1 Å². The van der Waals surface area contributed by atoms with Crippen molar-refractivity contribution in [1.82, 2.24) is 25.2 Å². The molecule has 9 nitrogen and oxygen atoms in total. The van der Waals surface area contributed by atoms with Crippen LogP contribution in [-0.4, -0.2) is 96.5 Å². The van der Waals surface area contributed by atoms with Crippen LogP contribution in [0.2, 0.25) is 0 Å². The summed E-state index contributed by atoms with van der Waals surface area (Å²) in [4.78, 5) is 23.8. The Bertz CT molecular complexity index is 1170. The molecular weight excluding hydrogens is 512 g/mol. The lowest BCUT2D eigenvalue weighted by atomic mass is 10.0. The summed E-state index contributed by atoms with van der Waals surface area (Å²) >= 11 is 1.36. The molecule has 4 rings (SSSR count). The van der Waals surface area contributed by atoms with Crippen LogP contribution >= 0.6 is 12.0 Å². The minimum atomic E-state index is -0.605. The molecule has 2 aromatic carbocycles. The molecule has 2 N–H and O–H groups in total. The molecule has 10 heteroatoms. The maximum absolute atomic E-state index is 11.6. The van der Waals surface area contributed by atoms with Gasteiger partial charge in [0.1, 0.15) is 5.82 Å². The number of aliphatic imine (C=N–C) groups is 1. The van der Waals surface area contributed by atoms with Gasteiger partial charge in [-0.05, 0) is 48.9 Å². The van der Waals surface area contributed by atoms with E-state index in [4.69, 9.17) is 9.49 Å². The summed E-state index contributed by atoms with van der Waals surface area (Å²) in [7, 11) is 2.19. The van der Waals surface area contributed by atoms with E-state index in [1.54, 1.807) is 18.5 Å². The number of allylic oxidation sites excluding steroid dienone is 1. The third-order valence-corrected chi connectivity index (χ3v) is 7.74. The first-order chi connectivity index (χ1) is 18.9. The van der Waals surface area contributed by atoms with Crippen molar-refractivity contribution < 1.29 is 14.3 Å². The van der Waals surface area contributed by atoms with Gasteiger partial charge in [0, 0.05) is 70.0 Å². The predicted octanol–water partition coefficient (Wildman–Crippen LogP) is 3.65. The van der Waals surface area contributed by atoms with Crippen molar-refractivity contribution in [3.8, 4) is 11.1 Å². The van der Waals surface area contributed by atoms with Crippen LogP contribution in [0, 0.1) is 0 Å². The molecule has 0 saturated carbocycles. The van der Waals surface area contributed by atoms with Gasteiger partial charge in [0.05, 0.1) is 17.6 Å². The first kappa shape index (κ1) is 29.0. The third kappa shape index (κ3) is 8.50. The molecule has 0 bridgehead atoms. The van der Waals surface area contributed by atoms with E-state index >= 15 is 0 Å². The molecule has 0 spiro atoms. The van der Waals surface area contributed by atoms with Crippen LogP contribution in [0.5, 0.6) is 0 Å². The van der Waals surface area contributed by atoms with Gasteiger partial charge in [0.2, 0.25) is 0 Å². The molecule has 2 heterocycles. The highest BCUT2D eigenvalue weighted by molar-refractivity contribution is 7.94. The van der Waals surface area contributed by atoms with Crippen LogP contribution < -0.4 is 5.48 Å². The number of hydrogen-bond donors (Lipinski definition) is 2. The summed E-state index contributed by atoms with van der Waals surface area (Å²) in [6, 6.07) is 17.3. The quantitative estimate of drug-likeness (QED) is 0.153. The van der Waals surface area contributed by atoms with Crippen LogP contribution in [-0.2, 0) is 15.6 Å². The van der Waals surface area contributed by atoms with E-state index in [9.17, 15) is 4.79 Å². The van der Waals surface area contributed by atoms with Gasteiger partial charge in [-0.25, -0.2) is 14.8 Å². The van der Waals surface area contributed by atoms with Gasteiger partial charge in [-0.2, -0.15) is 5.06 Å². The fourth-order valence-electron chi connectivity index (χ4n) is 4.49. The number of nitrogens with one attached hydrogen (secondary N) is 1. The molecule has 0 aromatic heterocycles. The molecule has 2 aliphatic heterocycles. The van der Waals surface area contributed by atoms with Crippen molar-refractivity contribution in [2.45, 2.75) is 18.4 Å². The number of amides is 1. The van der Waals surface area contributed by atoms with Crippen molar-refractivity contribution in [1.29, 1.82) is 0 Å². The summed E-state index contributed by atoms with van der Waals surface area (Å²) in [5.41, 5.74) is 5.66. The molecule has 208 valence electrons. The Morgan fingerprint density at radius 3 is 2.44 bits per heavy atom. The van der Waals surface area contributed by atoms with E-state index in [2.05, 4.69) is 76.9 Å². The smallest absolute Gasteiger partial charge is 0.275 e. The van der Waals surface area contributed by atoms with Crippen LogP contribution in [0.1, 0.15) is 12.5 Å². The second-order valence-electron chi connectivity index (χ2n) is 9.74.